The Balaban J connectivity index is -0.0000000450. The van der Waals surface area contributed by atoms with Gasteiger partial charge in [-0.1, -0.05) is 0 Å². The Kier molecular flexibility index (Phi) is 24.4. The molecule has 6 heteroatoms. The Morgan fingerprint density at radius 1 is 1.33 bits per heavy atom. The van der Waals surface area contributed by atoms with Crippen molar-refractivity contribution in [1.29, 1.82) is 0 Å². The van der Waals surface area contributed by atoms with Gasteiger partial charge < -0.3 is 5.48 Å². The Morgan fingerprint density at radius 3 is 1.33 bits per heavy atom. The minimum Gasteiger partial charge on any atom is 0 e. The van der Waals surface area contributed by atoms with Crippen molar-refractivity contribution in [2.45, 2.75) is 0 Å². The first-order chi connectivity index (χ1) is 1.73. The van der Waals surface area contributed by atoms with Crippen molar-refractivity contribution in [2.75, 3.05) is 0 Å². The van der Waals surface area contributed by atoms with Gasteiger partial charge in [0.05, 0.1) is 0 Å². The largest absolute Gasteiger partial charge is 0 e. The first kappa shape index (κ1) is 15.9. The van der Waals surface area contributed by atoms with Crippen LogP contribution in [0.2, 0.25) is 0 Å². The average molecular weight is 211 g/mol. The van der Waals surface area contributed by atoms with Crippen molar-refractivity contribution in [3.05, 3.63) is 0 Å². The van der Waals surface area contributed by atoms with Gasteiger partial charge >= 0.3 is 26.7 Å². The van der Waals surface area contributed by atoms with E-state index in [1.165, 1.54) is 0 Å². The van der Waals surface area contributed by atoms with Crippen molar-refractivity contribution in [3.8, 4) is 0 Å². The van der Waals surface area contributed by atoms with Crippen LogP contribution in [0.4, 0.5) is 0 Å². The fourth-order valence-electron chi connectivity index (χ4n) is 0. The normalized spacial score (nSPS) is 5.83. The van der Waals surface area contributed by atoms with E-state index in [0.29, 0.717) is 0 Å². The minimum atomic E-state index is -3.29. The zero-order chi connectivity index (χ0) is 3.58. The summed E-state index contributed by atoms with van der Waals surface area (Å²) in [5.41, 5.74) is 0. The van der Waals surface area contributed by atoms with Crippen LogP contribution in [-0.2, 0) is 20.9 Å². The first-order valence-electron chi connectivity index (χ1n) is 0.532. The van der Waals surface area contributed by atoms with Gasteiger partial charge in [-0.3, -0.25) is 0 Å². The van der Waals surface area contributed by atoms with Crippen LogP contribution in [0.15, 0.2) is 0 Å². The molecule has 0 spiro atoms. The van der Waals surface area contributed by atoms with Crippen molar-refractivity contribution in [2.24, 2.45) is 0 Å². The molecule has 0 amide bonds. The predicted molar refractivity (Wildman–Crippen MR) is 14.5 cm³/mol. The minimum absolute atomic E-state index is 0. The molecule has 0 saturated carbocycles. The Bertz CT molecular complexity index is 30.5. The SMILES string of the molecule is O.O=[Se](O)O.[Cu]. The first-order valence-corrected chi connectivity index (χ1v) is 2.76. The Morgan fingerprint density at radius 2 is 1.33 bits per heavy atom. The standard InChI is InChI=1S/Cu.H2O3Se.H2O/c;1-4(2)3;/h;(H2,1,2,3);1H2. The Labute approximate surface area is 49.7 Å². The van der Waals surface area contributed by atoms with Gasteiger partial charge in [0.25, 0.3) is 0 Å². The van der Waals surface area contributed by atoms with Gasteiger partial charge in [0.2, 0.25) is 0 Å². The molecule has 0 bridgehead atoms. The summed E-state index contributed by atoms with van der Waals surface area (Å²) < 4.78 is 23.1. The third-order valence-electron chi connectivity index (χ3n) is 0. The van der Waals surface area contributed by atoms with Crippen molar-refractivity contribution in [3.63, 3.8) is 0 Å². The van der Waals surface area contributed by atoms with E-state index in [0.717, 1.165) is 0 Å². The van der Waals surface area contributed by atoms with E-state index in [-0.39, 0.29) is 22.5 Å². The van der Waals surface area contributed by atoms with Crippen LogP contribution in [0.5, 0.6) is 0 Å². The molecule has 0 aliphatic rings. The van der Waals surface area contributed by atoms with E-state index < -0.39 is 14.5 Å². The average Bonchev–Trinajstić information content (AvgIpc) is 0.811. The summed E-state index contributed by atoms with van der Waals surface area (Å²) >= 11 is -3.29. The van der Waals surface area contributed by atoms with Crippen LogP contribution in [0, 0.1) is 0 Å². The molecule has 45 valence electrons. The van der Waals surface area contributed by atoms with E-state index in [1.54, 1.807) is 0 Å². The molecule has 6 heavy (non-hydrogen) atoms. The van der Waals surface area contributed by atoms with Crippen LogP contribution in [0.1, 0.15) is 0 Å². The third-order valence-corrected chi connectivity index (χ3v) is 0. The molecule has 0 aromatic carbocycles. The second-order valence-corrected chi connectivity index (χ2v) is 1.20. The van der Waals surface area contributed by atoms with Crippen molar-refractivity contribution in [1.82, 2.24) is 0 Å². The van der Waals surface area contributed by atoms with E-state index in [9.17, 15) is 0 Å². The van der Waals surface area contributed by atoms with E-state index in [1.807, 2.05) is 0 Å². The maximum absolute atomic E-state index is 8.76. The molecule has 0 saturated heterocycles. The van der Waals surface area contributed by atoms with Gasteiger partial charge in [-0.2, -0.15) is 0 Å². The number of hydrogen-bond donors (Lipinski definition) is 2. The van der Waals surface area contributed by atoms with E-state index in [4.69, 9.17) is 12.2 Å². The van der Waals surface area contributed by atoms with Crippen LogP contribution in [0.25, 0.3) is 0 Å². The Hall–Kier alpha value is 0.719. The molecule has 4 nitrogen and oxygen atoms in total. The maximum Gasteiger partial charge on any atom is 0 e. The van der Waals surface area contributed by atoms with Gasteiger partial charge in [0.15, 0.2) is 0 Å². The molecule has 0 fully saturated rings. The number of hydrogen-bond acceptors (Lipinski definition) is 1. The van der Waals surface area contributed by atoms with Crippen molar-refractivity contribution < 1.29 is 34.8 Å². The summed E-state index contributed by atoms with van der Waals surface area (Å²) in [4.78, 5) is 0. The summed E-state index contributed by atoms with van der Waals surface area (Å²) in [5, 5.41) is 0. The summed E-state index contributed by atoms with van der Waals surface area (Å²) in [6.45, 7) is 0. The zero-order valence-corrected chi connectivity index (χ0v) is 5.17. The molecule has 0 rings (SSSR count). The second kappa shape index (κ2) is 9.21. The van der Waals surface area contributed by atoms with Gasteiger partial charge in [-0.15, -0.1) is 0 Å². The molecule has 4 N–H and O–H groups in total. The molecule has 0 aromatic rings. The zero-order valence-electron chi connectivity index (χ0n) is 2.51. The maximum atomic E-state index is 8.76. The molecule has 1 radical (unpaired) electrons. The smallest absolute Gasteiger partial charge is 0 e. The van der Waals surface area contributed by atoms with Gasteiger partial charge in [-0.25, -0.2) is 0 Å². The molecule has 0 heterocycles. The monoisotopic (exact) mass is 211 g/mol. The van der Waals surface area contributed by atoms with Crippen LogP contribution in [0.3, 0.4) is 0 Å². The van der Waals surface area contributed by atoms with Gasteiger partial charge in [0.1, 0.15) is 0 Å². The van der Waals surface area contributed by atoms with E-state index in [2.05, 4.69) is 0 Å². The second-order valence-electron chi connectivity index (χ2n) is 0.231. The van der Waals surface area contributed by atoms with Crippen LogP contribution in [-0.4, -0.2) is 28.3 Å². The predicted octanol–water partition coefficient (Wildman–Crippen LogP) is -2.44. The molecule has 0 unspecified atom stereocenters. The third kappa shape index (κ3) is 126. The van der Waals surface area contributed by atoms with Crippen LogP contribution >= 0.6 is 0 Å². The fourth-order valence-corrected chi connectivity index (χ4v) is 0. The van der Waals surface area contributed by atoms with Crippen molar-refractivity contribution >= 4 is 14.5 Å². The molecule has 0 atom stereocenters. The fraction of sp³-hybridized carbons (Fsp3) is 0. The summed E-state index contributed by atoms with van der Waals surface area (Å²) in [5.74, 6) is 0. The summed E-state index contributed by atoms with van der Waals surface area (Å²) in [7, 11) is 0. The molecular weight excluding hydrogens is 207 g/mol. The van der Waals surface area contributed by atoms with E-state index >= 15 is 0 Å². The van der Waals surface area contributed by atoms with Crippen LogP contribution < -0.4 is 0 Å². The summed E-state index contributed by atoms with van der Waals surface area (Å²) in [6.07, 6.45) is 0. The summed E-state index contributed by atoms with van der Waals surface area (Å²) in [6, 6.07) is 0. The number of rotatable bonds is 0. The quantitative estimate of drug-likeness (QED) is 0.436. The molecule has 0 aromatic heterocycles. The molecular formula is H4CuO4Se. The topological polar surface area (TPSA) is 89.0 Å². The molecule has 0 aliphatic heterocycles. The molecule has 0 aliphatic carbocycles. The van der Waals surface area contributed by atoms with Gasteiger partial charge in [0, 0.05) is 17.1 Å². The van der Waals surface area contributed by atoms with Gasteiger partial charge in [-0.05, 0) is 0 Å².